The van der Waals surface area contributed by atoms with E-state index in [1.165, 1.54) is 29.9 Å². The molecule has 0 atom stereocenters. The van der Waals surface area contributed by atoms with Gasteiger partial charge in [-0.1, -0.05) is 24.3 Å². The van der Waals surface area contributed by atoms with Crippen LogP contribution in [-0.4, -0.2) is 49.1 Å². The normalized spacial score (nSPS) is 14.2. The van der Waals surface area contributed by atoms with Crippen molar-refractivity contribution < 1.29 is 22.8 Å². The highest BCUT2D eigenvalue weighted by atomic mass is 19.4. The first kappa shape index (κ1) is 26.5. The van der Waals surface area contributed by atoms with Gasteiger partial charge in [-0.2, -0.15) is 13.2 Å². The monoisotopic (exact) mass is 490 g/mol. The van der Waals surface area contributed by atoms with Crippen LogP contribution in [0.1, 0.15) is 43.4 Å². The molecule has 9 heteroatoms. The molecule has 0 aromatic heterocycles. The molecule has 3 rings (SSSR count). The third kappa shape index (κ3) is 8.28. The van der Waals surface area contributed by atoms with Crippen LogP contribution in [0.25, 0.3) is 0 Å². The molecule has 2 N–H and O–H groups in total. The Balaban J connectivity index is 1.63. The molecule has 1 heterocycles. The molecule has 2 aromatic carbocycles. The van der Waals surface area contributed by atoms with E-state index < -0.39 is 11.7 Å². The van der Waals surface area contributed by atoms with Crippen LogP contribution in [0.3, 0.4) is 0 Å². The topological polar surface area (TPSA) is 64.7 Å². The van der Waals surface area contributed by atoms with Crippen molar-refractivity contribution in [3.63, 3.8) is 0 Å². The SMILES string of the molecule is CC(C)NC(=O)N(Cc1ccc(C(F)(F)F)cc1)c1ccc(CC(=O)NCCN2CCCC2)cc1. The molecule has 35 heavy (non-hydrogen) atoms. The molecule has 6 nitrogen and oxygen atoms in total. The predicted octanol–water partition coefficient (Wildman–Crippen LogP) is 4.58. The zero-order valence-electron chi connectivity index (χ0n) is 20.2. The Labute approximate surface area is 204 Å². The Kier molecular flexibility index (Phi) is 9.14. The second-order valence-electron chi connectivity index (χ2n) is 9.13. The van der Waals surface area contributed by atoms with Crippen LogP contribution in [0.2, 0.25) is 0 Å². The number of carbonyl (C=O) groups is 2. The summed E-state index contributed by atoms with van der Waals surface area (Å²) in [5, 5.41) is 5.78. The first-order valence-corrected chi connectivity index (χ1v) is 11.9. The maximum Gasteiger partial charge on any atom is 0.416 e. The lowest BCUT2D eigenvalue weighted by atomic mass is 10.1. The largest absolute Gasteiger partial charge is 0.416 e. The smallest absolute Gasteiger partial charge is 0.355 e. The summed E-state index contributed by atoms with van der Waals surface area (Å²) in [6.07, 6.45) is -1.75. The molecule has 0 radical (unpaired) electrons. The summed E-state index contributed by atoms with van der Waals surface area (Å²) in [4.78, 5) is 28.9. The first-order valence-electron chi connectivity index (χ1n) is 11.9. The number of carbonyl (C=O) groups excluding carboxylic acids is 2. The number of amides is 3. The third-order valence-corrected chi connectivity index (χ3v) is 5.84. The number of hydrogen-bond donors (Lipinski definition) is 2. The average molecular weight is 491 g/mol. The number of nitrogens with one attached hydrogen (secondary N) is 2. The van der Waals surface area contributed by atoms with Gasteiger partial charge in [-0.25, -0.2) is 4.79 Å². The van der Waals surface area contributed by atoms with Crippen molar-refractivity contribution in [3.05, 3.63) is 65.2 Å². The zero-order chi connectivity index (χ0) is 25.4. The van der Waals surface area contributed by atoms with E-state index in [0.717, 1.165) is 37.3 Å². The van der Waals surface area contributed by atoms with E-state index in [4.69, 9.17) is 0 Å². The maximum atomic E-state index is 12.9. The van der Waals surface area contributed by atoms with Crippen molar-refractivity contribution in [2.45, 2.75) is 51.9 Å². The Morgan fingerprint density at radius 3 is 2.14 bits per heavy atom. The van der Waals surface area contributed by atoms with Gasteiger partial charge in [0.2, 0.25) is 5.91 Å². The standard InChI is InChI=1S/C26H33F3N4O2/c1-19(2)31-25(35)33(18-21-5-9-22(10-6-21)26(27,28)29)23-11-7-20(8-12-23)17-24(34)30-13-16-32-14-3-4-15-32/h5-12,19H,3-4,13-18H2,1-2H3,(H,30,34)(H,31,35). The molecule has 0 spiro atoms. The van der Waals surface area contributed by atoms with Gasteiger partial charge in [0, 0.05) is 24.8 Å². The summed E-state index contributed by atoms with van der Waals surface area (Å²) in [6, 6.07) is 11.4. The van der Waals surface area contributed by atoms with Crippen molar-refractivity contribution >= 4 is 17.6 Å². The van der Waals surface area contributed by atoms with E-state index in [0.29, 0.717) is 17.8 Å². The molecular formula is C26H33F3N4O2. The molecule has 2 aromatic rings. The minimum atomic E-state index is -4.41. The van der Waals surface area contributed by atoms with Crippen LogP contribution in [-0.2, 0) is 23.9 Å². The van der Waals surface area contributed by atoms with Gasteiger partial charge in [0.05, 0.1) is 18.5 Å². The number of hydrogen-bond acceptors (Lipinski definition) is 3. The van der Waals surface area contributed by atoms with Crippen LogP contribution >= 0.6 is 0 Å². The van der Waals surface area contributed by atoms with Gasteiger partial charge in [-0.05, 0) is 75.2 Å². The highest BCUT2D eigenvalue weighted by Gasteiger charge is 2.30. The Hall–Kier alpha value is -3.07. The first-order chi connectivity index (χ1) is 16.6. The number of alkyl halides is 3. The maximum absolute atomic E-state index is 12.9. The predicted molar refractivity (Wildman–Crippen MR) is 130 cm³/mol. The van der Waals surface area contributed by atoms with Crippen molar-refractivity contribution in [2.75, 3.05) is 31.1 Å². The fraction of sp³-hybridized carbons (Fsp3) is 0.462. The lowest BCUT2D eigenvalue weighted by Crippen LogP contribution is -2.42. The molecule has 3 amide bonds. The van der Waals surface area contributed by atoms with E-state index in [-0.39, 0.29) is 30.9 Å². The molecule has 1 saturated heterocycles. The fourth-order valence-corrected chi connectivity index (χ4v) is 3.99. The van der Waals surface area contributed by atoms with Crippen molar-refractivity contribution in [1.29, 1.82) is 0 Å². The minimum Gasteiger partial charge on any atom is -0.355 e. The second-order valence-corrected chi connectivity index (χ2v) is 9.13. The number of rotatable bonds is 9. The summed E-state index contributed by atoms with van der Waals surface area (Å²) in [6.45, 7) is 7.42. The number of halogens is 3. The molecular weight excluding hydrogens is 457 g/mol. The molecule has 1 aliphatic rings. The molecule has 0 unspecified atom stereocenters. The van der Waals surface area contributed by atoms with E-state index in [1.807, 2.05) is 13.8 Å². The van der Waals surface area contributed by atoms with E-state index >= 15 is 0 Å². The third-order valence-electron chi connectivity index (χ3n) is 5.84. The van der Waals surface area contributed by atoms with Gasteiger partial charge in [0.25, 0.3) is 0 Å². The summed E-state index contributed by atoms with van der Waals surface area (Å²) < 4.78 is 38.6. The van der Waals surface area contributed by atoms with Crippen LogP contribution in [0, 0.1) is 0 Å². The summed E-state index contributed by atoms with van der Waals surface area (Å²) in [5.74, 6) is -0.0592. The molecule has 1 aliphatic heterocycles. The van der Waals surface area contributed by atoms with Crippen molar-refractivity contribution in [2.24, 2.45) is 0 Å². The molecule has 1 fully saturated rings. The Morgan fingerprint density at radius 1 is 0.971 bits per heavy atom. The summed E-state index contributed by atoms with van der Waals surface area (Å²) in [7, 11) is 0. The highest BCUT2D eigenvalue weighted by molar-refractivity contribution is 5.92. The van der Waals surface area contributed by atoms with E-state index in [9.17, 15) is 22.8 Å². The number of benzene rings is 2. The van der Waals surface area contributed by atoms with Gasteiger partial charge in [-0.15, -0.1) is 0 Å². The Morgan fingerprint density at radius 2 is 1.57 bits per heavy atom. The van der Waals surface area contributed by atoms with Gasteiger partial charge in [-0.3, -0.25) is 9.69 Å². The number of anilines is 1. The van der Waals surface area contributed by atoms with E-state index in [1.54, 1.807) is 24.3 Å². The summed E-state index contributed by atoms with van der Waals surface area (Å²) in [5.41, 5.74) is 1.23. The number of nitrogens with zero attached hydrogens (tertiary/aromatic N) is 2. The highest BCUT2D eigenvalue weighted by Crippen LogP contribution is 2.29. The minimum absolute atomic E-state index is 0.0592. The van der Waals surface area contributed by atoms with Gasteiger partial charge in [0.15, 0.2) is 0 Å². The van der Waals surface area contributed by atoms with Gasteiger partial charge >= 0.3 is 12.2 Å². The molecule has 0 saturated carbocycles. The molecule has 0 aliphatic carbocycles. The number of urea groups is 1. The zero-order valence-corrected chi connectivity index (χ0v) is 20.2. The lowest BCUT2D eigenvalue weighted by Gasteiger charge is -2.25. The average Bonchev–Trinajstić information content (AvgIpc) is 3.31. The Bertz CT molecular complexity index is 970. The quantitative estimate of drug-likeness (QED) is 0.541. The lowest BCUT2D eigenvalue weighted by molar-refractivity contribution is -0.137. The van der Waals surface area contributed by atoms with Crippen molar-refractivity contribution in [3.8, 4) is 0 Å². The van der Waals surface area contributed by atoms with Crippen LogP contribution in [0.15, 0.2) is 48.5 Å². The van der Waals surface area contributed by atoms with Crippen molar-refractivity contribution in [1.82, 2.24) is 15.5 Å². The van der Waals surface area contributed by atoms with Crippen LogP contribution in [0.4, 0.5) is 23.7 Å². The van der Waals surface area contributed by atoms with Crippen LogP contribution < -0.4 is 15.5 Å². The van der Waals surface area contributed by atoms with Gasteiger partial charge < -0.3 is 15.5 Å². The van der Waals surface area contributed by atoms with Gasteiger partial charge in [0.1, 0.15) is 0 Å². The van der Waals surface area contributed by atoms with E-state index in [2.05, 4.69) is 15.5 Å². The summed E-state index contributed by atoms with van der Waals surface area (Å²) >= 11 is 0. The fourth-order valence-electron chi connectivity index (χ4n) is 3.99. The molecule has 0 bridgehead atoms. The molecule has 190 valence electrons. The number of likely N-dealkylation sites (tertiary alicyclic amines) is 1. The van der Waals surface area contributed by atoms with Crippen LogP contribution in [0.5, 0.6) is 0 Å². The second kappa shape index (κ2) is 12.1.